The molecule has 0 aliphatic rings. The quantitative estimate of drug-likeness (QED) is 0.685. The summed E-state index contributed by atoms with van der Waals surface area (Å²) in [6.07, 6.45) is 2.55. The summed E-state index contributed by atoms with van der Waals surface area (Å²) in [7, 11) is 0.167. The van der Waals surface area contributed by atoms with Gasteiger partial charge in [0.05, 0.1) is 7.11 Å². The summed E-state index contributed by atoms with van der Waals surface area (Å²) < 4.78 is 16.4. The second-order valence-corrected chi connectivity index (χ2v) is 6.95. The average Bonchev–Trinajstić information content (AvgIpc) is 2.16. The Balaban J connectivity index is 4.63. The summed E-state index contributed by atoms with van der Waals surface area (Å²) in [6, 6.07) is 0. The van der Waals surface area contributed by atoms with Crippen molar-refractivity contribution in [3.63, 3.8) is 0 Å². The fourth-order valence-electron chi connectivity index (χ4n) is 1.26. The van der Waals surface area contributed by atoms with Crippen LogP contribution in [0.25, 0.3) is 0 Å². The number of unbranched alkanes of at least 4 members (excludes halogenated alkanes) is 1. The van der Waals surface area contributed by atoms with Crippen LogP contribution in [0.2, 0.25) is 0 Å². The van der Waals surface area contributed by atoms with Gasteiger partial charge < -0.3 is 4.74 Å². The zero-order valence-corrected chi connectivity index (χ0v) is 11.1. The van der Waals surface area contributed by atoms with Gasteiger partial charge in [-0.1, -0.05) is 19.8 Å². The molecule has 0 spiro atoms. The highest BCUT2D eigenvalue weighted by Crippen LogP contribution is 2.20. The number of ether oxygens (including phenoxy) is 1. The average molecular weight is 234 g/mol. The lowest BCUT2D eigenvalue weighted by Crippen LogP contribution is -2.37. The van der Waals surface area contributed by atoms with Crippen LogP contribution in [0.3, 0.4) is 0 Å². The number of methoxy groups -OCH3 is 1. The van der Waals surface area contributed by atoms with Gasteiger partial charge in [0, 0.05) is 15.5 Å². The SMILES string of the molecule is CCCCC(C(=O)OC)S(=O)C(C)(C)C. The Bertz CT molecular complexity index is 230. The van der Waals surface area contributed by atoms with Gasteiger partial charge in [-0.15, -0.1) is 0 Å². The predicted molar refractivity (Wildman–Crippen MR) is 63.2 cm³/mol. The standard InChI is InChI=1S/C11H22O3S/c1-6-7-8-9(10(12)14-5)15(13)11(2,3)4/h9H,6-8H2,1-5H3. The van der Waals surface area contributed by atoms with Gasteiger partial charge in [0.25, 0.3) is 0 Å². The Morgan fingerprint density at radius 3 is 2.27 bits per heavy atom. The molecule has 0 radical (unpaired) electrons. The molecule has 0 aliphatic carbocycles. The molecule has 0 aliphatic heterocycles. The van der Waals surface area contributed by atoms with E-state index < -0.39 is 16.0 Å². The maximum absolute atomic E-state index is 12.1. The minimum Gasteiger partial charge on any atom is -0.468 e. The molecule has 0 aromatic carbocycles. The molecule has 0 fully saturated rings. The largest absolute Gasteiger partial charge is 0.468 e. The molecule has 0 aromatic rings. The highest BCUT2D eigenvalue weighted by Gasteiger charge is 2.33. The first kappa shape index (κ1) is 14.6. The minimum absolute atomic E-state index is 0.350. The Morgan fingerprint density at radius 1 is 1.40 bits per heavy atom. The molecular weight excluding hydrogens is 212 g/mol. The van der Waals surface area contributed by atoms with E-state index in [2.05, 4.69) is 0 Å². The van der Waals surface area contributed by atoms with Crippen molar-refractivity contribution in [3.8, 4) is 0 Å². The first-order chi connectivity index (χ1) is 6.84. The Kier molecular flexibility index (Phi) is 6.10. The Labute approximate surface area is 95.0 Å². The summed E-state index contributed by atoms with van der Waals surface area (Å²) in [5.74, 6) is -0.350. The lowest BCUT2D eigenvalue weighted by atomic mass is 10.2. The molecular formula is C11H22O3S. The smallest absolute Gasteiger partial charge is 0.321 e. The van der Waals surface area contributed by atoms with Crippen LogP contribution < -0.4 is 0 Å². The van der Waals surface area contributed by atoms with Gasteiger partial charge in [-0.05, 0) is 27.2 Å². The van der Waals surface area contributed by atoms with Gasteiger partial charge in [0.1, 0.15) is 5.25 Å². The number of hydrogen-bond donors (Lipinski definition) is 0. The summed E-state index contributed by atoms with van der Waals surface area (Å²) >= 11 is 0. The molecule has 4 heteroatoms. The van der Waals surface area contributed by atoms with Gasteiger partial charge >= 0.3 is 5.97 Å². The number of carbonyl (C=O) groups is 1. The van der Waals surface area contributed by atoms with Crippen molar-refractivity contribution in [1.82, 2.24) is 0 Å². The van der Waals surface area contributed by atoms with Crippen LogP contribution in [0.4, 0.5) is 0 Å². The second-order valence-electron chi connectivity index (χ2n) is 4.56. The monoisotopic (exact) mass is 234 g/mol. The van der Waals surface area contributed by atoms with E-state index in [0.717, 1.165) is 12.8 Å². The molecule has 0 bridgehead atoms. The predicted octanol–water partition coefficient (Wildman–Crippen LogP) is 2.27. The zero-order valence-electron chi connectivity index (χ0n) is 10.3. The van der Waals surface area contributed by atoms with Crippen molar-refractivity contribution in [1.29, 1.82) is 0 Å². The molecule has 0 heterocycles. The van der Waals surface area contributed by atoms with Gasteiger partial charge in [-0.25, -0.2) is 0 Å². The maximum atomic E-state index is 12.1. The van der Waals surface area contributed by atoms with Gasteiger partial charge in [-0.3, -0.25) is 9.00 Å². The van der Waals surface area contributed by atoms with Crippen LogP contribution in [0.15, 0.2) is 0 Å². The number of rotatable bonds is 5. The maximum Gasteiger partial charge on any atom is 0.321 e. The van der Waals surface area contributed by atoms with Crippen molar-refractivity contribution in [2.75, 3.05) is 7.11 Å². The van der Waals surface area contributed by atoms with Crippen LogP contribution >= 0.6 is 0 Å². The van der Waals surface area contributed by atoms with Crippen LogP contribution in [-0.2, 0) is 20.3 Å². The summed E-state index contributed by atoms with van der Waals surface area (Å²) in [5.41, 5.74) is 0. The number of carbonyl (C=O) groups excluding carboxylic acids is 1. The van der Waals surface area contributed by atoms with Crippen LogP contribution in [-0.4, -0.2) is 27.3 Å². The molecule has 2 unspecified atom stereocenters. The summed E-state index contributed by atoms with van der Waals surface area (Å²) in [6.45, 7) is 7.69. The highest BCUT2D eigenvalue weighted by molar-refractivity contribution is 7.87. The first-order valence-electron chi connectivity index (χ1n) is 5.33. The summed E-state index contributed by atoms with van der Waals surface area (Å²) in [4.78, 5) is 11.5. The van der Waals surface area contributed by atoms with E-state index in [1.54, 1.807) is 0 Å². The molecule has 2 atom stereocenters. The van der Waals surface area contributed by atoms with Crippen molar-refractivity contribution in [2.24, 2.45) is 0 Å². The van der Waals surface area contributed by atoms with Crippen LogP contribution in [0.5, 0.6) is 0 Å². The normalized spacial score (nSPS) is 15.8. The van der Waals surface area contributed by atoms with E-state index in [-0.39, 0.29) is 10.7 Å². The van der Waals surface area contributed by atoms with Crippen LogP contribution in [0, 0.1) is 0 Å². The third-order valence-electron chi connectivity index (χ3n) is 2.15. The number of esters is 1. The fourth-order valence-corrected chi connectivity index (χ4v) is 2.77. The van der Waals surface area contributed by atoms with E-state index in [1.165, 1.54) is 7.11 Å². The van der Waals surface area contributed by atoms with Gasteiger partial charge in [0.2, 0.25) is 0 Å². The van der Waals surface area contributed by atoms with E-state index in [0.29, 0.717) is 6.42 Å². The molecule has 0 saturated heterocycles. The number of hydrogen-bond acceptors (Lipinski definition) is 3. The molecule has 0 amide bonds. The lowest BCUT2D eigenvalue weighted by molar-refractivity contribution is -0.140. The molecule has 0 N–H and O–H groups in total. The molecule has 3 nitrogen and oxygen atoms in total. The van der Waals surface area contributed by atoms with E-state index >= 15 is 0 Å². The Morgan fingerprint density at radius 2 is 1.93 bits per heavy atom. The van der Waals surface area contributed by atoms with Gasteiger partial charge in [-0.2, -0.15) is 0 Å². The molecule has 0 aromatic heterocycles. The third-order valence-corrected chi connectivity index (χ3v) is 4.30. The van der Waals surface area contributed by atoms with Crippen molar-refractivity contribution < 1.29 is 13.7 Å². The molecule has 0 saturated carbocycles. The zero-order chi connectivity index (χ0) is 12.1. The van der Waals surface area contributed by atoms with Crippen molar-refractivity contribution in [2.45, 2.75) is 57.0 Å². The molecule has 90 valence electrons. The Hall–Kier alpha value is -0.380. The first-order valence-corrected chi connectivity index (χ1v) is 6.54. The lowest BCUT2D eigenvalue weighted by Gasteiger charge is -2.23. The topological polar surface area (TPSA) is 43.4 Å². The van der Waals surface area contributed by atoms with Crippen molar-refractivity contribution in [3.05, 3.63) is 0 Å². The van der Waals surface area contributed by atoms with E-state index in [9.17, 15) is 9.00 Å². The molecule has 0 rings (SSSR count). The van der Waals surface area contributed by atoms with Gasteiger partial charge in [0.15, 0.2) is 0 Å². The minimum atomic E-state index is -1.18. The fraction of sp³-hybridized carbons (Fsp3) is 0.909. The van der Waals surface area contributed by atoms with Crippen molar-refractivity contribution >= 4 is 16.8 Å². The third kappa shape index (κ3) is 4.78. The second kappa shape index (κ2) is 6.26. The summed E-state index contributed by atoms with van der Waals surface area (Å²) in [5, 5.41) is -0.477. The van der Waals surface area contributed by atoms with Crippen LogP contribution in [0.1, 0.15) is 47.0 Å². The highest BCUT2D eigenvalue weighted by atomic mass is 32.2. The molecule has 15 heavy (non-hydrogen) atoms. The van der Waals surface area contributed by atoms with E-state index in [4.69, 9.17) is 4.74 Å². The van der Waals surface area contributed by atoms with E-state index in [1.807, 2.05) is 27.7 Å².